The number of aromatic nitrogens is 2. The van der Waals surface area contributed by atoms with Gasteiger partial charge in [0.2, 0.25) is 0 Å². The van der Waals surface area contributed by atoms with Crippen LogP contribution in [0.5, 0.6) is 0 Å². The lowest BCUT2D eigenvalue weighted by atomic mass is 9.93. The molecule has 0 aliphatic carbocycles. The third-order valence-electron chi connectivity index (χ3n) is 3.98. The van der Waals surface area contributed by atoms with Crippen LogP contribution in [-0.4, -0.2) is 52.1 Å². The lowest BCUT2D eigenvalue weighted by Crippen LogP contribution is -2.55. The number of nitrogens with one attached hydrogen (secondary N) is 1. The third-order valence-corrected chi connectivity index (χ3v) is 3.98. The first-order chi connectivity index (χ1) is 10.7. The van der Waals surface area contributed by atoms with Gasteiger partial charge in [0.05, 0.1) is 13.2 Å². The number of aliphatic hydroxyl groups excluding tert-OH is 1. The molecule has 2 heterocycles. The first-order valence-electron chi connectivity index (χ1n) is 7.39. The molecule has 118 valence electrons. The topological polar surface area (TPSA) is 61.4 Å². The van der Waals surface area contributed by atoms with Gasteiger partial charge in [0, 0.05) is 37.9 Å². The molecule has 5 nitrogen and oxygen atoms in total. The van der Waals surface area contributed by atoms with Gasteiger partial charge in [0.15, 0.2) is 0 Å². The minimum Gasteiger partial charge on any atom is -0.393 e. The van der Waals surface area contributed by atoms with Crippen molar-refractivity contribution < 1.29 is 14.2 Å². The van der Waals surface area contributed by atoms with Crippen molar-refractivity contribution in [1.82, 2.24) is 15.1 Å². The molecule has 1 fully saturated rings. The van der Waals surface area contributed by atoms with E-state index in [4.69, 9.17) is 4.74 Å². The van der Waals surface area contributed by atoms with Crippen molar-refractivity contribution in [3.05, 3.63) is 53.6 Å². The Kier molecular flexibility index (Phi) is 4.52. The Morgan fingerprint density at radius 2 is 2.32 bits per heavy atom. The molecule has 0 spiro atoms. The second-order valence-electron chi connectivity index (χ2n) is 5.79. The highest BCUT2D eigenvalue weighted by atomic mass is 19.1. The van der Waals surface area contributed by atoms with E-state index in [1.807, 2.05) is 12.1 Å². The van der Waals surface area contributed by atoms with Crippen molar-refractivity contribution in [2.24, 2.45) is 0 Å². The largest absolute Gasteiger partial charge is 0.393 e. The molecule has 1 aromatic carbocycles. The highest BCUT2D eigenvalue weighted by molar-refractivity contribution is 5.19. The molecular weight excluding hydrogens is 285 g/mol. The molecule has 1 saturated heterocycles. The summed E-state index contributed by atoms with van der Waals surface area (Å²) in [6, 6.07) is 8.39. The Hall–Kier alpha value is -1.76. The van der Waals surface area contributed by atoms with E-state index in [0.29, 0.717) is 19.6 Å². The van der Waals surface area contributed by atoms with Crippen LogP contribution in [-0.2, 0) is 17.7 Å². The van der Waals surface area contributed by atoms with Gasteiger partial charge in [-0.1, -0.05) is 12.1 Å². The molecule has 1 aromatic heterocycles. The molecule has 1 aliphatic heterocycles. The number of halogens is 1. The maximum atomic E-state index is 13.4. The number of hydrogen-bond acceptors (Lipinski definition) is 4. The van der Waals surface area contributed by atoms with Crippen LogP contribution in [0.1, 0.15) is 11.3 Å². The maximum Gasteiger partial charge on any atom is 0.123 e. The zero-order valence-electron chi connectivity index (χ0n) is 12.3. The van der Waals surface area contributed by atoms with Crippen molar-refractivity contribution in [2.45, 2.75) is 18.6 Å². The summed E-state index contributed by atoms with van der Waals surface area (Å²) in [6.07, 6.45) is 2.21. The fourth-order valence-electron chi connectivity index (χ4n) is 2.95. The summed E-state index contributed by atoms with van der Waals surface area (Å²) < 4.78 is 19.2. The van der Waals surface area contributed by atoms with Crippen molar-refractivity contribution in [1.29, 1.82) is 0 Å². The Bertz CT molecular complexity index is 605. The van der Waals surface area contributed by atoms with Gasteiger partial charge in [-0.15, -0.1) is 0 Å². The highest BCUT2D eigenvalue weighted by Gasteiger charge is 2.36. The lowest BCUT2D eigenvalue weighted by molar-refractivity contribution is -0.134. The van der Waals surface area contributed by atoms with E-state index in [0.717, 1.165) is 24.3 Å². The number of nitrogens with zero attached hydrogens (tertiary/aromatic N) is 2. The van der Waals surface area contributed by atoms with E-state index in [9.17, 15) is 9.50 Å². The summed E-state index contributed by atoms with van der Waals surface area (Å²) >= 11 is 0. The van der Waals surface area contributed by atoms with Crippen molar-refractivity contribution in [3.8, 4) is 0 Å². The molecular formula is C16H20FN3O2. The second kappa shape index (κ2) is 6.56. The Balaban J connectivity index is 1.71. The molecule has 0 bridgehead atoms. The average molecular weight is 305 g/mol. The summed E-state index contributed by atoms with van der Waals surface area (Å²) in [5.74, 6) is -0.268. The van der Waals surface area contributed by atoms with Crippen LogP contribution in [0.2, 0.25) is 0 Å². The number of aliphatic hydroxyl groups is 1. The first kappa shape index (κ1) is 15.1. The van der Waals surface area contributed by atoms with E-state index in [1.165, 1.54) is 12.1 Å². The zero-order chi connectivity index (χ0) is 15.4. The Morgan fingerprint density at radius 3 is 3.05 bits per heavy atom. The molecule has 2 N–H and O–H groups in total. The maximum absolute atomic E-state index is 13.4. The summed E-state index contributed by atoms with van der Waals surface area (Å²) in [6.45, 7) is 2.57. The lowest BCUT2D eigenvalue weighted by Gasteiger charge is -2.41. The molecule has 3 rings (SSSR count). The predicted octanol–water partition coefficient (Wildman–Crippen LogP) is 1.35. The molecule has 1 aliphatic rings. The van der Waals surface area contributed by atoms with Crippen LogP contribution in [0.15, 0.2) is 36.5 Å². The van der Waals surface area contributed by atoms with Gasteiger partial charge in [0.1, 0.15) is 11.4 Å². The predicted molar refractivity (Wildman–Crippen MR) is 79.7 cm³/mol. The van der Waals surface area contributed by atoms with Crippen LogP contribution in [0.25, 0.3) is 0 Å². The first-order valence-corrected chi connectivity index (χ1v) is 7.39. The number of aromatic amines is 1. The molecule has 6 heteroatoms. The smallest absolute Gasteiger partial charge is 0.123 e. The van der Waals surface area contributed by atoms with Crippen LogP contribution in [0.3, 0.4) is 0 Å². The Morgan fingerprint density at radius 1 is 1.41 bits per heavy atom. The molecule has 1 atom stereocenters. The number of morpholine rings is 1. The molecule has 0 amide bonds. The average Bonchev–Trinajstić information content (AvgIpc) is 3.00. The molecule has 1 unspecified atom stereocenters. The number of ether oxygens (including phenoxy) is 1. The van der Waals surface area contributed by atoms with Gasteiger partial charge < -0.3 is 9.84 Å². The fourth-order valence-corrected chi connectivity index (χ4v) is 2.95. The van der Waals surface area contributed by atoms with Gasteiger partial charge in [-0.3, -0.25) is 10.00 Å². The summed E-state index contributed by atoms with van der Waals surface area (Å²) in [7, 11) is 0. The van der Waals surface area contributed by atoms with Gasteiger partial charge >= 0.3 is 0 Å². The number of H-pyrrole nitrogens is 1. The number of rotatable bonds is 5. The quantitative estimate of drug-likeness (QED) is 0.875. The van der Waals surface area contributed by atoms with E-state index in [-0.39, 0.29) is 12.4 Å². The molecule has 2 aromatic rings. The summed E-state index contributed by atoms with van der Waals surface area (Å²) in [4.78, 5) is 2.21. The summed E-state index contributed by atoms with van der Waals surface area (Å²) in [5.41, 5.74) is 1.17. The normalized spacial score (nSPS) is 22.8. The minimum absolute atomic E-state index is 0.0943. The highest BCUT2D eigenvalue weighted by Crippen LogP contribution is 2.24. The van der Waals surface area contributed by atoms with Gasteiger partial charge in [-0.25, -0.2) is 4.39 Å². The van der Waals surface area contributed by atoms with Gasteiger partial charge in [-0.05, 0) is 23.8 Å². The molecule has 0 saturated carbocycles. The molecule has 0 radical (unpaired) electrons. The monoisotopic (exact) mass is 305 g/mol. The summed E-state index contributed by atoms with van der Waals surface area (Å²) in [5, 5.41) is 16.7. The standard InChI is InChI=1S/C16H20FN3O2/c17-14-3-1-2-13(8-14)9-16(12-21)11-20(6-7-22-16)10-15-4-5-18-19-15/h1-5,8,21H,6-7,9-12H2,(H,18,19). The SMILES string of the molecule is OCC1(Cc2cccc(F)c2)CN(Cc2ccn[nH]2)CCO1. The van der Waals surface area contributed by atoms with Crippen molar-refractivity contribution in [2.75, 3.05) is 26.3 Å². The van der Waals surface area contributed by atoms with Crippen molar-refractivity contribution >= 4 is 0 Å². The minimum atomic E-state index is -0.688. The number of hydrogen-bond donors (Lipinski definition) is 2. The fraction of sp³-hybridized carbons (Fsp3) is 0.438. The van der Waals surface area contributed by atoms with Crippen molar-refractivity contribution in [3.63, 3.8) is 0 Å². The Labute approximate surface area is 128 Å². The van der Waals surface area contributed by atoms with Gasteiger partial charge in [-0.2, -0.15) is 5.10 Å². The van der Waals surface area contributed by atoms with Crippen LogP contribution < -0.4 is 0 Å². The molecule has 22 heavy (non-hydrogen) atoms. The second-order valence-corrected chi connectivity index (χ2v) is 5.79. The third kappa shape index (κ3) is 3.52. The van der Waals surface area contributed by atoms with E-state index in [2.05, 4.69) is 15.1 Å². The van der Waals surface area contributed by atoms with E-state index >= 15 is 0 Å². The van der Waals surface area contributed by atoms with E-state index in [1.54, 1.807) is 12.3 Å². The van der Waals surface area contributed by atoms with Crippen LogP contribution in [0.4, 0.5) is 4.39 Å². The van der Waals surface area contributed by atoms with Gasteiger partial charge in [0.25, 0.3) is 0 Å². The number of benzene rings is 1. The zero-order valence-corrected chi connectivity index (χ0v) is 12.3. The van der Waals surface area contributed by atoms with Crippen LogP contribution >= 0.6 is 0 Å². The van der Waals surface area contributed by atoms with Crippen LogP contribution in [0, 0.1) is 5.82 Å². The van der Waals surface area contributed by atoms with E-state index < -0.39 is 5.60 Å².